The Kier molecular flexibility index (Phi) is 7.17. The molecule has 0 aliphatic rings. The Morgan fingerprint density at radius 1 is 1.10 bits per heavy atom. The molecule has 0 bridgehead atoms. The van der Waals surface area contributed by atoms with E-state index in [1.165, 1.54) is 0 Å². The quantitative estimate of drug-likeness (QED) is 0.781. The number of halogens is 1. The van der Waals surface area contributed by atoms with Crippen molar-refractivity contribution >= 4 is 11.6 Å². The van der Waals surface area contributed by atoms with E-state index in [1.807, 2.05) is 26.0 Å². The molecule has 1 aromatic carbocycles. The molecule has 0 aromatic heterocycles. The lowest BCUT2D eigenvalue weighted by Crippen LogP contribution is -2.13. The van der Waals surface area contributed by atoms with Gasteiger partial charge in [-0.25, -0.2) is 0 Å². The molecule has 0 fully saturated rings. The van der Waals surface area contributed by atoms with Crippen molar-refractivity contribution in [2.75, 3.05) is 19.8 Å². The van der Waals surface area contributed by atoms with Gasteiger partial charge in [-0.3, -0.25) is 0 Å². The topological polar surface area (TPSA) is 44.5 Å². The molecule has 0 radical (unpaired) electrons. The molecule has 114 valence electrons. The van der Waals surface area contributed by atoms with Crippen LogP contribution in [0.5, 0.6) is 11.5 Å². The van der Waals surface area contributed by atoms with Crippen LogP contribution in [-0.2, 0) is 0 Å². The number of rotatable bonds is 8. The zero-order valence-electron chi connectivity index (χ0n) is 12.9. The van der Waals surface area contributed by atoms with E-state index in [4.69, 9.17) is 26.8 Å². The Morgan fingerprint density at radius 3 is 2.25 bits per heavy atom. The highest BCUT2D eigenvalue weighted by atomic mass is 35.5. The van der Waals surface area contributed by atoms with Gasteiger partial charge in [0.1, 0.15) is 11.5 Å². The van der Waals surface area contributed by atoms with Crippen molar-refractivity contribution in [3.05, 3.63) is 22.7 Å². The standard InChI is InChI=1S/C16H26ClNO2/c1-5-19-15-10-16(20-6-2)14(17)9-13(15)12(4)11(3)7-8-18/h9-12H,5-8,18H2,1-4H3. The molecule has 4 heteroatoms. The molecule has 2 atom stereocenters. The first-order chi connectivity index (χ1) is 9.54. The minimum Gasteiger partial charge on any atom is -0.493 e. The summed E-state index contributed by atoms with van der Waals surface area (Å²) in [6, 6.07) is 3.87. The third-order valence-electron chi connectivity index (χ3n) is 3.63. The van der Waals surface area contributed by atoms with E-state index in [1.54, 1.807) is 0 Å². The SMILES string of the molecule is CCOc1cc(OCC)c(C(C)C(C)CCN)cc1Cl. The fourth-order valence-corrected chi connectivity index (χ4v) is 2.50. The molecule has 1 rings (SSSR count). The van der Waals surface area contributed by atoms with Crippen LogP contribution in [-0.4, -0.2) is 19.8 Å². The Labute approximate surface area is 127 Å². The minimum atomic E-state index is 0.341. The van der Waals surface area contributed by atoms with Crippen molar-refractivity contribution in [1.82, 2.24) is 0 Å². The van der Waals surface area contributed by atoms with Crippen molar-refractivity contribution in [2.45, 2.75) is 40.0 Å². The van der Waals surface area contributed by atoms with Crippen molar-refractivity contribution in [3.8, 4) is 11.5 Å². The maximum absolute atomic E-state index is 6.30. The lowest BCUT2D eigenvalue weighted by atomic mass is 9.86. The molecule has 0 amide bonds. The number of hydrogen-bond acceptors (Lipinski definition) is 3. The summed E-state index contributed by atoms with van der Waals surface area (Å²) in [6.45, 7) is 10.2. The molecule has 1 aromatic rings. The van der Waals surface area contributed by atoms with Crippen LogP contribution in [0.2, 0.25) is 5.02 Å². The zero-order chi connectivity index (χ0) is 15.1. The first kappa shape index (κ1) is 17.1. The highest BCUT2D eigenvalue weighted by Gasteiger charge is 2.20. The molecule has 0 aliphatic heterocycles. The van der Waals surface area contributed by atoms with Gasteiger partial charge in [0, 0.05) is 6.07 Å². The summed E-state index contributed by atoms with van der Waals surface area (Å²) in [7, 11) is 0. The van der Waals surface area contributed by atoms with Crippen LogP contribution in [0, 0.1) is 5.92 Å². The minimum absolute atomic E-state index is 0.341. The monoisotopic (exact) mass is 299 g/mol. The van der Waals surface area contributed by atoms with Crippen LogP contribution >= 0.6 is 11.6 Å². The Morgan fingerprint density at radius 2 is 1.70 bits per heavy atom. The summed E-state index contributed by atoms with van der Waals surface area (Å²) in [5.74, 6) is 2.36. The van der Waals surface area contributed by atoms with Gasteiger partial charge in [0.2, 0.25) is 0 Å². The Bertz CT molecular complexity index is 423. The average molecular weight is 300 g/mol. The second-order valence-corrected chi connectivity index (χ2v) is 5.44. The Hall–Kier alpha value is -0.930. The predicted octanol–water partition coefficient (Wildman–Crippen LogP) is 4.23. The van der Waals surface area contributed by atoms with E-state index in [0.29, 0.717) is 42.4 Å². The second kappa shape index (κ2) is 8.38. The number of benzene rings is 1. The average Bonchev–Trinajstić information content (AvgIpc) is 2.42. The fourth-order valence-electron chi connectivity index (χ4n) is 2.27. The van der Waals surface area contributed by atoms with Crippen molar-refractivity contribution in [1.29, 1.82) is 0 Å². The maximum Gasteiger partial charge on any atom is 0.141 e. The first-order valence-corrected chi connectivity index (χ1v) is 7.71. The van der Waals surface area contributed by atoms with Crippen LogP contribution in [0.1, 0.15) is 45.6 Å². The second-order valence-electron chi connectivity index (χ2n) is 5.03. The zero-order valence-corrected chi connectivity index (χ0v) is 13.7. The summed E-state index contributed by atoms with van der Waals surface area (Å²) in [5.41, 5.74) is 6.78. The van der Waals surface area contributed by atoms with Gasteiger partial charge in [0.05, 0.1) is 18.2 Å². The Balaban J connectivity index is 3.12. The van der Waals surface area contributed by atoms with Gasteiger partial charge in [0.25, 0.3) is 0 Å². The van der Waals surface area contributed by atoms with Gasteiger partial charge >= 0.3 is 0 Å². The lowest BCUT2D eigenvalue weighted by molar-refractivity contribution is 0.316. The van der Waals surface area contributed by atoms with Crippen molar-refractivity contribution < 1.29 is 9.47 Å². The van der Waals surface area contributed by atoms with Gasteiger partial charge in [-0.05, 0) is 50.3 Å². The van der Waals surface area contributed by atoms with E-state index in [-0.39, 0.29) is 0 Å². The molecule has 2 unspecified atom stereocenters. The van der Waals surface area contributed by atoms with Gasteiger partial charge in [-0.15, -0.1) is 0 Å². The molecular formula is C16H26ClNO2. The van der Waals surface area contributed by atoms with Crippen LogP contribution in [0.4, 0.5) is 0 Å². The summed E-state index contributed by atoms with van der Waals surface area (Å²) in [5, 5.41) is 0.636. The molecule has 0 aliphatic carbocycles. The van der Waals surface area contributed by atoms with Gasteiger partial charge < -0.3 is 15.2 Å². The van der Waals surface area contributed by atoms with Crippen LogP contribution < -0.4 is 15.2 Å². The smallest absolute Gasteiger partial charge is 0.141 e. The fraction of sp³-hybridized carbons (Fsp3) is 0.625. The van der Waals surface area contributed by atoms with Gasteiger partial charge in [-0.1, -0.05) is 25.4 Å². The lowest BCUT2D eigenvalue weighted by Gasteiger charge is -2.23. The third kappa shape index (κ3) is 4.29. The number of ether oxygens (including phenoxy) is 2. The van der Waals surface area contributed by atoms with E-state index in [9.17, 15) is 0 Å². The van der Waals surface area contributed by atoms with Crippen LogP contribution in [0.3, 0.4) is 0 Å². The molecule has 3 nitrogen and oxygen atoms in total. The highest BCUT2D eigenvalue weighted by Crippen LogP contribution is 2.39. The molecule has 0 saturated carbocycles. The highest BCUT2D eigenvalue weighted by molar-refractivity contribution is 6.32. The molecule has 0 saturated heterocycles. The summed E-state index contributed by atoms with van der Waals surface area (Å²) in [4.78, 5) is 0. The summed E-state index contributed by atoms with van der Waals surface area (Å²) in [6.07, 6.45) is 0.984. The number of hydrogen-bond donors (Lipinski definition) is 1. The van der Waals surface area contributed by atoms with Crippen molar-refractivity contribution in [3.63, 3.8) is 0 Å². The van der Waals surface area contributed by atoms with E-state index < -0.39 is 0 Å². The first-order valence-electron chi connectivity index (χ1n) is 7.34. The summed E-state index contributed by atoms with van der Waals surface area (Å²) >= 11 is 6.30. The van der Waals surface area contributed by atoms with Gasteiger partial charge in [0.15, 0.2) is 0 Å². The largest absolute Gasteiger partial charge is 0.493 e. The van der Waals surface area contributed by atoms with Crippen molar-refractivity contribution in [2.24, 2.45) is 11.7 Å². The van der Waals surface area contributed by atoms with E-state index in [2.05, 4.69) is 13.8 Å². The van der Waals surface area contributed by atoms with E-state index >= 15 is 0 Å². The van der Waals surface area contributed by atoms with Crippen LogP contribution in [0.15, 0.2) is 12.1 Å². The molecular weight excluding hydrogens is 274 g/mol. The molecule has 0 heterocycles. The van der Waals surface area contributed by atoms with Gasteiger partial charge in [-0.2, -0.15) is 0 Å². The number of nitrogens with two attached hydrogens (primary N) is 1. The molecule has 0 spiro atoms. The normalized spacial score (nSPS) is 13.9. The molecule has 20 heavy (non-hydrogen) atoms. The third-order valence-corrected chi connectivity index (χ3v) is 3.93. The predicted molar refractivity (Wildman–Crippen MR) is 85.0 cm³/mol. The maximum atomic E-state index is 6.30. The van der Waals surface area contributed by atoms with E-state index in [0.717, 1.165) is 17.7 Å². The van der Waals surface area contributed by atoms with Crippen LogP contribution in [0.25, 0.3) is 0 Å². The summed E-state index contributed by atoms with van der Waals surface area (Å²) < 4.78 is 11.3. The molecule has 2 N–H and O–H groups in total.